The molecule has 1 rings (SSSR count). The lowest BCUT2D eigenvalue weighted by atomic mass is 9.95. The van der Waals surface area contributed by atoms with Crippen molar-refractivity contribution < 1.29 is 4.74 Å². The maximum absolute atomic E-state index is 9.29. The van der Waals surface area contributed by atoms with E-state index in [2.05, 4.69) is 17.9 Å². The van der Waals surface area contributed by atoms with Gasteiger partial charge in [-0.1, -0.05) is 26.2 Å². The molecule has 1 aliphatic rings. The quantitative estimate of drug-likeness (QED) is 0.527. The van der Waals surface area contributed by atoms with Crippen LogP contribution in [0.1, 0.15) is 46.0 Å². The number of nitrogens with zero attached hydrogens (tertiary/aromatic N) is 2. The zero-order valence-corrected chi connectivity index (χ0v) is 11.3. The highest BCUT2D eigenvalue weighted by atomic mass is 16.5. The van der Waals surface area contributed by atoms with Crippen molar-refractivity contribution >= 4 is 0 Å². The molecule has 3 nitrogen and oxygen atoms in total. The minimum atomic E-state index is 0.221. The Bertz CT molecular complexity index is 237. The first-order valence-electron chi connectivity index (χ1n) is 7.04. The predicted octanol–water partition coefficient (Wildman–Crippen LogP) is 2.82. The van der Waals surface area contributed by atoms with Crippen molar-refractivity contribution in [3.63, 3.8) is 0 Å². The van der Waals surface area contributed by atoms with E-state index in [1.54, 1.807) is 0 Å². The number of ether oxygens (including phenoxy) is 1. The van der Waals surface area contributed by atoms with Crippen molar-refractivity contribution in [2.24, 2.45) is 5.92 Å². The molecule has 0 aromatic heterocycles. The van der Waals surface area contributed by atoms with E-state index in [1.165, 1.54) is 25.7 Å². The smallest absolute Gasteiger partial charge is 0.0672 e. The summed E-state index contributed by atoms with van der Waals surface area (Å²) in [7, 11) is 0. The van der Waals surface area contributed by atoms with E-state index in [9.17, 15) is 5.26 Å². The number of hydrogen-bond acceptors (Lipinski definition) is 3. The largest absolute Gasteiger partial charge is 0.380 e. The van der Waals surface area contributed by atoms with E-state index in [4.69, 9.17) is 4.74 Å². The molecule has 2 atom stereocenters. The van der Waals surface area contributed by atoms with Crippen LogP contribution in [0.15, 0.2) is 0 Å². The fraction of sp³-hybridized carbons (Fsp3) is 0.929. The number of nitriles is 1. The molecule has 0 aromatic carbocycles. The normalized spacial score (nSPS) is 25.5. The Hall–Kier alpha value is -0.590. The minimum absolute atomic E-state index is 0.221. The first kappa shape index (κ1) is 14.5. The molecule has 1 saturated carbocycles. The van der Waals surface area contributed by atoms with E-state index in [-0.39, 0.29) is 5.92 Å². The van der Waals surface area contributed by atoms with Crippen molar-refractivity contribution in [2.45, 2.75) is 52.0 Å². The van der Waals surface area contributed by atoms with Gasteiger partial charge in [-0.15, -0.1) is 0 Å². The molecule has 2 unspecified atom stereocenters. The fourth-order valence-corrected chi connectivity index (χ4v) is 2.76. The van der Waals surface area contributed by atoms with Crippen LogP contribution in [-0.2, 0) is 4.74 Å². The standard InChI is InChI=1S/C14H26N2O/c1-3-16(10-11-17-4-2)14-9-7-5-6-8-13(14)12-15/h13-14H,3-11H2,1-2H3. The van der Waals surface area contributed by atoms with Crippen LogP contribution in [0.3, 0.4) is 0 Å². The number of rotatable bonds is 6. The molecule has 0 bridgehead atoms. The van der Waals surface area contributed by atoms with Gasteiger partial charge in [0.15, 0.2) is 0 Å². The van der Waals surface area contributed by atoms with Gasteiger partial charge in [0.25, 0.3) is 0 Å². The maximum Gasteiger partial charge on any atom is 0.0672 e. The molecule has 0 radical (unpaired) electrons. The second kappa shape index (κ2) is 8.49. The second-order valence-corrected chi connectivity index (χ2v) is 4.77. The van der Waals surface area contributed by atoms with Crippen molar-refractivity contribution in [1.29, 1.82) is 5.26 Å². The molecule has 0 N–H and O–H groups in total. The molecular weight excluding hydrogens is 212 g/mol. The lowest BCUT2D eigenvalue weighted by Crippen LogP contribution is -2.41. The van der Waals surface area contributed by atoms with Gasteiger partial charge in [-0.25, -0.2) is 0 Å². The van der Waals surface area contributed by atoms with Crippen LogP contribution in [0.2, 0.25) is 0 Å². The van der Waals surface area contributed by atoms with Crippen LogP contribution >= 0.6 is 0 Å². The van der Waals surface area contributed by atoms with Crippen molar-refractivity contribution in [3.05, 3.63) is 0 Å². The second-order valence-electron chi connectivity index (χ2n) is 4.77. The zero-order valence-electron chi connectivity index (χ0n) is 11.3. The summed E-state index contributed by atoms with van der Waals surface area (Å²) in [5, 5.41) is 9.29. The van der Waals surface area contributed by atoms with E-state index in [1.807, 2.05) is 6.92 Å². The molecule has 0 aliphatic heterocycles. The summed E-state index contributed by atoms with van der Waals surface area (Å²) >= 11 is 0. The Morgan fingerprint density at radius 1 is 1.24 bits per heavy atom. The average Bonchev–Trinajstić information content (AvgIpc) is 2.60. The third-order valence-corrected chi connectivity index (χ3v) is 3.75. The molecule has 3 heteroatoms. The summed E-state index contributed by atoms with van der Waals surface area (Å²) in [4.78, 5) is 2.44. The van der Waals surface area contributed by atoms with Gasteiger partial charge in [-0.2, -0.15) is 5.26 Å². The molecule has 0 heterocycles. The van der Waals surface area contributed by atoms with Crippen LogP contribution in [-0.4, -0.2) is 37.2 Å². The molecule has 1 aliphatic carbocycles. The highest BCUT2D eigenvalue weighted by Gasteiger charge is 2.27. The molecule has 0 amide bonds. The third-order valence-electron chi connectivity index (χ3n) is 3.75. The monoisotopic (exact) mass is 238 g/mol. The molecule has 0 saturated heterocycles. The van der Waals surface area contributed by atoms with Gasteiger partial charge in [0.05, 0.1) is 18.6 Å². The van der Waals surface area contributed by atoms with Crippen LogP contribution in [0.5, 0.6) is 0 Å². The summed E-state index contributed by atoms with van der Waals surface area (Å²) in [5.41, 5.74) is 0. The van der Waals surface area contributed by atoms with Gasteiger partial charge in [-0.3, -0.25) is 4.90 Å². The van der Waals surface area contributed by atoms with E-state index >= 15 is 0 Å². The summed E-state index contributed by atoms with van der Waals surface area (Å²) < 4.78 is 5.43. The first-order valence-corrected chi connectivity index (χ1v) is 7.04. The van der Waals surface area contributed by atoms with E-state index in [0.29, 0.717) is 6.04 Å². The average molecular weight is 238 g/mol. The summed E-state index contributed by atoms with van der Waals surface area (Å²) in [6.07, 6.45) is 6.04. The molecule has 1 fully saturated rings. The Kier molecular flexibility index (Phi) is 7.23. The van der Waals surface area contributed by atoms with Gasteiger partial charge >= 0.3 is 0 Å². The summed E-state index contributed by atoms with van der Waals surface area (Å²) in [5.74, 6) is 0.221. The Morgan fingerprint density at radius 3 is 2.65 bits per heavy atom. The van der Waals surface area contributed by atoms with Crippen LogP contribution in [0.25, 0.3) is 0 Å². The van der Waals surface area contributed by atoms with Crippen LogP contribution in [0.4, 0.5) is 0 Å². The van der Waals surface area contributed by atoms with Crippen molar-refractivity contribution in [3.8, 4) is 6.07 Å². The van der Waals surface area contributed by atoms with Crippen LogP contribution in [0, 0.1) is 17.2 Å². The lowest BCUT2D eigenvalue weighted by molar-refractivity contribution is 0.0838. The molecule has 98 valence electrons. The Balaban J connectivity index is 2.53. The molecule has 0 aromatic rings. The van der Waals surface area contributed by atoms with Crippen LogP contribution < -0.4 is 0 Å². The molecule has 17 heavy (non-hydrogen) atoms. The van der Waals surface area contributed by atoms with Gasteiger partial charge in [-0.05, 0) is 26.3 Å². The van der Waals surface area contributed by atoms with Gasteiger partial charge in [0, 0.05) is 19.2 Å². The summed E-state index contributed by atoms with van der Waals surface area (Å²) in [6, 6.07) is 2.97. The number of hydrogen-bond donors (Lipinski definition) is 0. The first-order chi connectivity index (χ1) is 8.33. The molecule has 0 spiro atoms. The van der Waals surface area contributed by atoms with E-state index in [0.717, 1.165) is 32.7 Å². The molecular formula is C14H26N2O. The highest BCUT2D eigenvalue weighted by molar-refractivity contribution is 4.94. The van der Waals surface area contributed by atoms with Crippen molar-refractivity contribution in [2.75, 3.05) is 26.3 Å². The van der Waals surface area contributed by atoms with Crippen molar-refractivity contribution in [1.82, 2.24) is 4.90 Å². The SMILES string of the molecule is CCOCCN(CC)C1CCCCCC1C#N. The lowest BCUT2D eigenvalue weighted by Gasteiger charge is -2.32. The Morgan fingerprint density at radius 2 is 2.00 bits per heavy atom. The predicted molar refractivity (Wildman–Crippen MR) is 69.7 cm³/mol. The minimum Gasteiger partial charge on any atom is -0.380 e. The summed E-state index contributed by atoms with van der Waals surface area (Å²) in [6.45, 7) is 7.78. The van der Waals surface area contributed by atoms with E-state index < -0.39 is 0 Å². The van der Waals surface area contributed by atoms with Gasteiger partial charge < -0.3 is 4.74 Å². The Labute approximate surface area is 106 Å². The fourth-order valence-electron chi connectivity index (χ4n) is 2.76. The number of likely N-dealkylation sites (N-methyl/N-ethyl adjacent to an activating group) is 1. The van der Waals surface area contributed by atoms with Gasteiger partial charge in [0.1, 0.15) is 0 Å². The highest BCUT2D eigenvalue weighted by Crippen LogP contribution is 2.26. The maximum atomic E-state index is 9.29. The van der Waals surface area contributed by atoms with Gasteiger partial charge in [0.2, 0.25) is 0 Å². The topological polar surface area (TPSA) is 36.3 Å². The third kappa shape index (κ3) is 4.65. The zero-order chi connectivity index (χ0) is 12.5.